The molecule has 0 aliphatic heterocycles. The number of phenolic OH excluding ortho intramolecular Hbond substituents is 2. The van der Waals surface area contributed by atoms with Gasteiger partial charge in [-0.15, -0.1) is 0 Å². The lowest BCUT2D eigenvalue weighted by molar-refractivity contribution is 0.406. The number of benzene rings is 3. The largest absolute Gasteiger partial charge is 0.507 e. The second kappa shape index (κ2) is 9.74. The number of methoxy groups -OCH3 is 3. The number of hydrogen-bond acceptors (Lipinski definition) is 6. The van der Waals surface area contributed by atoms with Crippen molar-refractivity contribution < 1.29 is 29.0 Å². The summed E-state index contributed by atoms with van der Waals surface area (Å²) >= 11 is 0. The summed E-state index contributed by atoms with van der Waals surface area (Å²) in [7, 11) is 0.587. The summed E-state index contributed by atoms with van der Waals surface area (Å²) in [6, 6.07) is 13.6. The standard InChI is InChI=1S/C29H37O6P/c1-28(2,3)20-14-18(33-7)16-24(26(20)30)36(32,23-13-11-10-12-22(23)35-9)25-17-19(34-8)15-21(27(25)31)29(4,5)6/h10-17,30-31H,1-9H3. The summed E-state index contributed by atoms with van der Waals surface area (Å²) in [4.78, 5) is 0. The Labute approximate surface area is 214 Å². The van der Waals surface area contributed by atoms with Crippen molar-refractivity contribution in [1.82, 2.24) is 0 Å². The molecule has 6 nitrogen and oxygen atoms in total. The molecule has 0 aliphatic rings. The van der Waals surface area contributed by atoms with Crippen molar-refractivity contribution in [2.45, 2.75) is 52.4 Å². The van der Waals surface area contributed by atoms with Crippen LogP contribution in [0.5, 0.6) is 28.7 Å². The molecule has 0 radical (unpaired) electrons. The Kier molecular flexibility index (Phi) is 7.44. The highest BCUT2D eigenvalue weighted by atomic mass is 31.2. The van der Waals surface area contributed by atoms with E-state index in [9.17, 15) is 10.2 Å². The third-order valence-electron chi connectivity index (χ3n) is 6.32. The van der Waals surface area contributed by atoms with E-state index in [0.29, 0.717) is 33.7 Å². The van der Waals surface area contributed by atoms with Crippen LogP contribution in [0.2, 0.25) is 0 Å². The number of para-hydroxylation sites is 1. The van der Waals surface area contributed by atoms with Crippen molar-refractivity contribution in [2.24, 2.45) is 0 Å². The molecule has 7 heteroatoms. The highest BCUT2D eigenvalue weighted by Gasteiger charge is 2.41. The molecule has 0 bridgehead atoms. The van der Waals surface area contributed by atoms with Gasteiger partial charge in [0.15, 0.2) is 7.14 Å². The molecule has 0 saturated heterocycles. The van der Waals surface area contributed by atoms with Crippen LogP contribution in [0.4, 0.5) is 0 Å². The molecular weight excluding hydrogens is 475 g/mol. The highest BCUT2D eigenvalue weighted by molar-refractivity contribution is 7.85. The molecule has 3 rings (SSSR count). The summed E-state index contributed by atoms with van der Waals surface area (Å²) in [6.07, 6.45) is 0. The number of aromatic hydroxyl groups is 2. The van der Waals surface area contributed by atoms with Gasteiger partial charge < -0.3 is 29.0 Å². The van der Waals surface area contributed by atoms with Crippen molar-refractivity contribution in [2.75, 3.05) is 21.3 Å². The smallest absolute Gasteiger partial charge is 0.182 e. The van der Waals surface area contributed by atoms with Crippen molar-refractivity contribution in [3.63, 3.8) is 0 Å². The highest BCUT2D eigenvalue weighted by Crippen LogP contribution is 2.53. The van der Waals surface area contributed by atoms with E-state index in [1.165, 1.54) is 21.3 Å². The van der Waals surface area contributed by atoms with Gasteiger partial charge in [-0.25, -0.2) is 0 Å². The maximum absolute atomic E-state index is 15.6. The zero-order valence-electron chi connectivity index (χ0n) is 22.6. The molecule has 194 valence electrons. The first-order chi connectivity index (χ1) is 16.7. The van der Waals surface area contributed by atoms with Crippen LogP contribution in [0.3, 0.4) is 0 Å². The zero-order valence-corrected chi connectivity index (χ0v) is 23.5. The Bertz CT molecular complexity index is 1240. The van der Waals surface area contributed by atoms with Gasteiger partial charge in [-0.2, -0.15) is 0 Å². The van der Waals surface area contributed by atoms with Crippen molar-refractivity contribution in [3.8, 4) is 28.7 Å². The van der Waals surface area contributed by atoms with Crippen LogP contribution in [0, 0.1) is 0 Å². The van der Waals surface area contributed by atoms with Gasteiger partial charge in [0, 0.05) is 11.1 Å². The molecule has 36 heavy (non-hydrogen) atoms. The van der Waals surface area contributed by atoms with Gasteiger partial charge in [0.1, 0.15) is 28.7 Å². The lowest BCUT2D eigenvalue weighted by Gasteiger charge is -2.30. The van der Waals surface area contributed by atoms with Crippen LogP contribution in [0.25, 0.3) is 0 Å². The second-order valence-electron chi connectivity index (χ2n) is 10.9. The SMILES string of the molecule is COc1cc(C(C)(C)C)c(O)c(P(=O)(c2ccccc2OC)c2cc(OC)cc(C(C)(C)C)c2O)c1. The molecule has 0 atom stereocenters. The van der Waals surface area contributed by atoms with Gasteiger partial charge in [-0.1, -0.05) is 53.7 Å². The molecular formula is C29H37O6P. The van der Waals surface area contributed by atoms with Gasteiger partial charge in [-0.05, 0) is 47.2 Å². The molecule has 0 spiro atoms. The average Bonchev–Trinajstić information content (AvgIpc) is 2.82. The van der Waals surface area contributed by atoms with Gasteiger partial charge >= 0.3 is 0 Å². The van der Waals surface area contributed by atoms with Gasteiger partial charge in [-0.3, -0.25) is 0 Å². The maximum atomic E-state index is 15.6. The minimum Gasteiger partial charge on any atom is -0.507 e. The van der Waals surface area contributed by atoms with Crippen LogP contribution in [0.1, 0.15) is 52.7 Å². The van der Waals surface area contributed by atoms with Gasteiger partial charge in [0.2, 0.25) is 0 Å². The minimum absolute atomic E-state index is 0.114. The fourth-order valence-electron chi connectivity index (χ4n) is 4.33. The molecule has 0 amide bonds. The Morgan fingerprint density at radius 2 is 1.06 bits per heavy atom. The lowest BCUT2D eigenvalue weighted by Crippen LogP contribution is -2.29. The molecule has 0 saturated carbocycles. The third-order valence-corrected chi connectivity index (χ3v) is 9.40. The van der Waals surface area contributed by atoms with Gasteiger partial charge in [0.25, 0.3) is 0 Å². The summed E-state index contributed by atoms with van der Waals surface area (Å²) in [6.45, 7) is 11.8. The molecule has 0 heterocycles. The lowest BCUT2D eigenvalue weighted by atomic mass is 9.86. The Morgan fingerprint density at radius 3 is 1.42 bits per heavy atom. The molecule has 0 aromatic heterocycles. The predicted molar refractivity (Wildman–Crippen MR) is 146 cm³/mol. The van der Waals surface area contributed by atoms with E-state index in [4.69, 9.17) is 14.2 Å². The van der Waals surface area contributed by atoms with E-state index < -0.39 is 18.0 Å². The number of ether oxygens (including phenoxy) is 3. The summed E-state index contributed by atoms with van der Waals surface area (Å²) < 4.78 is 32.4. The summed E-state index contributed by atoms with van der Waals surface area (Å²) in [5, 5.41) is 23.9. The molecule has 3 aromatic rings. The maximum Gasteiger partial charge on any atom is 0.182 e. The quantitative estimate of drug-likeness (QED) is 0.433. The third kappa shape index (κ3) is 4.79. The molecule has 0 fully saturated rings. The number of hydrogen-bond donors (Lipinski definition) is 2. The first kappa shape index (κ1) is 27.5. The van der Waals surface area contributed by atoms with E-state index in [2.05, 4.69) is 0 Å². The summed E-state index contributed by atoms with van der Waals surface area (Å²) in [5.74, 6) is 1.04. The van der Waals surface area contributed by atoms with Crippen molar-refractivity contribution in [3.05, 3.63) is 59.7 Å². The fraction of sp³-hybridized carbons (Fsp3) is 0.379. The normalized spacial score (nSPS) is 12.4. The molecule has 2 N–H and O–H groups in total. The van der Waals surface area contributed by atoms with Crippen LogP contribution in [-0.2, 0) is 15.4 Å². The van der Waals surface area contributed by atoms with Crippen LogP contribution in [-0.4, -0.2) is 31.5 Å². The minimum atomic E-state index is -3.96. The average molecular weight is 513 g/mol. The second-order valence-corrected chi connectivity index (χ2v) is 13.5. The number of rotatable bonds is 6. The van der Waals surface area contributed by atoms with E-state index in [-0.39, 0.29) is 22.1 Å². The Morgan fingerprint density at radius 1 is 0.639 bits per heavy atom. The fourth-order valence-corrected chi connectivity index (χ4v) is 7.33. The Hall–Kier alpha value is -3.11. The van der Waals surface area contributed by atoms with Crippen molar-refractivity contribution >= 4 is 23.1 Å². The van der Waals surface area contributed by atoms with E-state index >= 15 is 4.57 Å². The predicted octanol–water partition coefficient (Wildman–Crippen LogP) is 5.36. The topological polar surface area (TPSA) is 85.2 Å². The van der Waals surface area contributed by atoms with Crippen LogP contribution in [0.15, 0.2) is 48.5 Å². The molecule has 0 unspecified atom stereocenters. The molecule has 0 aliphatic carbocycles. The van der Waals surface area contributed by atoms with E-state index in [1.807, 2.05) is 41.5 Å². The van der Waals surface area contributed by atoms with Crippen LogP contribution < -0.4 is 30.1 Å². The summed E-state index contributed by atoms with van der Waals surface area (Å²) in [5.41, 5.74) is 0.189. The van der Waals surface area contributed by atoms with Crippen LogP contribution >= 0.6 is 7.14 Å². The van der Waals surface area contributed by atoms with E-state index in [1.54, 1.807) is 48.5 Å². The first-order valence-corrected chi connectivity index (χ1v) is 13.5. The van der Waals surface area contributed by atoms with Gasteiger partial charge in [0.05, 0.1) is 37.2 Å². The Balaban J connectivity index is 2.61. The number of phenols is 2. The molecule has 3 aromatic carbocycles. The first-order valence-electron chi connectivity index (χ1n) is 11.8. The monoisotopic (exact) mass is 512 g/mol. The van der Waals surface area contributed by atoms with E-state index in [0.717, 1.165) is 0 Å². The van der Waals surface area contributed by atoms with Crippen molar-refractivity contribution in [1.29, 1.82) is 0 Å². The zero-order chi connectivity index (χ0) is 27.1.